The molecule has 11 nitrogen and oxygen atoms in total. The van der Waals surface area contributed by atoms with E-state index in [1.165, 1.54) is 12.1 Å². The lowest BCUT2D eigenvalue weighted by molar-refractivity contribution is -0.139. The summed E-state index contributed by atoms with van der Waals surface area (Å²) in [4.78, 5) is 24.3. The van der Waals surface area contributed by atoms with Gasteiger partial charge in [-0.2, -0.15) is 0 Å². The van der Waals surface area contributed by atoms with Gasteiger partial charge in [0.15, 0.2) is 18.1 Å². The van der Waals surface area contributed by atoms with Crippen LogP contribution in [0.3, 0.4) is 0 Å². The highest BCUT2D eigenvalue weighted by Gasteiger charge is 2.20. The molecule has 0 heterocycles. The summed E-state index contributed by atoms with van der Waals surface area (Å²) in [5.74, 6) is -1.40. The minimum absolute atomic E-state index is 0.0379. The Hall–Kier alpha value is -4.32. The van der Waals surface area contributed by atoms with Crippen molar-refractivity contribution in [3.8, 4) is 11.5 Å². The highest BCUT2D eigenvalue weighted by molar-refractivity contribution is 6.31. The van der Waals surface area contributed by atoms with Gasteiger partial charge in [-0.1, -0.05) is 11.6 Å². The average Bonchev–Trinajstić information content (AvgIpc) is 2.91. The Bertz CT molecular complexity index is 1350. The number of carbonyl (C=O) groups excluding carboxylic acids is 1. The maximum absolute atomic E-state index is 13.1. The van der Waals surface area contributed by atoms with Gasteiger partial charge in [-0.15, -0.1) is 0 Å². The normalized spacial score (nSPS) is 11.4. The van der Waals surface area contributed by atoms with Crippen LogP contribution in [0.1, 0.15) is 40.1 Å². The van der Waals surface area contributed by atoms with E-state index in [9.17, 15) is 19.8 Å². The molecule has 8 N–H and O–H groups in total. The number of hydrogen-bond donors (Lipinski definition) is 7. The molecule has 1 atom stereocenters. The number of benzene rings is 3. The quantitative estimate of drug-likeness (QED) is 0.122. The van der Waals surface area contributed by atoms with E-state index in [4.69, 9.17) is 37.3 Å². The van der Waals surface area contributed by atoms with Gasteiger partial charge in [-0.3, -0.25) is 10.2 Å². The van der Waals surface area contributed by atoms with Crippen LogP contribution in [0.25, 0.3) is 0 Å². The van der Waals surface area contributed by atoms with Gasteiger partial charge < -0.3 is 41.2 Å². The van der Waals surface area contributed by atoms with Crippen LogP contribution in [0.5, 0.6) is 11.5 Å². The second-order valence-electron chi connectivity index (χ2n) is 8.31. The van der Waals surface area contributed by atoms with Gasteiger partial charge in [-0.05, 0) is 67.1 Å². The molecular formula is C27H29ClN4O7. The number of nitrogens with two attached hydrogens (primary N) is 1. The summed E-state index contributed by atoms with van der Waals surface area (Å²) in [6.45, 7) is 0.842. The van der Waals surface area contributed by atoms with Crippen molar-refractivity contribution in [3.05, 3.63) is 81.9 Å². The number of aliphatic hydroxyl groups is 2. The van der Waals surface area contributed by atoms with Crippen LogP contribution >= 0.6 is 11.6 Å². The van der Waals surface area contributed by atoms with Crippen molar-refractivity contribution in [1.29, 1.82) is 5.41 Å². The molecule has 0 fully saturated rings. The molecule has 0 unspecified atom stereocenters. The van der Waals surface area contributed by atoms with Crippen molar-refractivity contribution in [2.45, 2.75) is 19.6 Å². The zero-order valence-corrected chi connectivity index (χ0v) is 21.8. The number of hydrogen-bond acceptors (Lipinski definition) is 8. The second kappa shape index (κ2) is 13.5. The van der Waals surface area contributed by atoms with Crippen molar-refractivity contribution in [1.82, 2.24) is 0 Å². The highest BCUT2D eigenvalue weighted by Crippen LogP contribution is 2.36. The van der Waals surface area contributed by atoms with Gasteiger partial charge in [0, 0.05) is 34.1 Å². The number of aliphatic hydroxyl groups excluding tert-OH is 2. The van der Waals surface area contributed by atoms with Crippen LogP contribution in [0.15, 0.2) is 54.6 Å². The number of halogens is 1. The lowest BCUT2D eigenvalue weighted by atomic mass is 10.0. The van der Waals surface area contributed by atoms with Crippen LogP contribution < -0.4 is 25.8 Å². The number of amidine groups is 1. The van der Waals surface area contributed by atoms with E-state index in [2.05, 4.69) is 10.6 Å². The maximum Gasteiger partial charge on any atom is 0.341 e. The third-order valence-electron chi connectivity index (χ3n) is 5.50. The van der Waals surface area contributed by atoms with Crippen LogP contribution in [-0.4, -0.2) is 52.9 Å². The molecule has 3 aromatic rings. The first-order valence-electron chi connectivity index (χ1n) is 11.8. The van der Waals surface area contributed by atoms with E-state index in [1.807, 2.05) is 0 Å². The van der Waals surface area contributed by atoms with Crippen LogP contribution in [0.2, 0.25) is 5.02 Å². The van der Waals surface area contributed by atoms with Crippen molar-refractivity contribution in [2.24, 2.45) is 5.73 Å². The summed E-state index contributed by atoms with van der Waals surface area (Å²) in [6, 6.07) is 14.2. The summed E-state index contributed by atoms with van der Waals surface area (Å²) in [7, 11) is 0. The topological polar surface area (TPSA) is 187 Å². The molecule has 0 aliphatic heterocycles. The molecule has 1 amide bonds. The van der Waals surface area contributed by atoms with Crippen LogP contribution in [-0.2, 0) is 11.3 Å². The number of nitrogens with one attached hydrogen (secondary N) is 3. The van der Waals surface area contributed by atoms with Gasteiger partial charge in [0.1, 0.15) is 11.9 Å². The number of carboxylic acid groups (broad SMARTS) is 1. The van der Waals surface area contributed by atoms with E-state index >= 15 is 0 Å². The molecule has 0 bridgehead atoms. The summed E-state index contributed by atoms with van der Waals surface area (Å²) in [5.41, 5.74) is 7.86. The highest BCUT2D eigenvalue weighted by atomic mass is 35.5. The molecule has 0 aliphatic rings. The first kappa shape index (κ1) is 29.2. The number of aliphatic carboxylic acids is 1. The SMILES string of the molecule is CCOc1cc([C@H](O)CO)cc(CNc2ccc(Cl)cc2C(=O)Nc2ccc(C(=N)N)cc2)c1OCC(=O)O. The smallest absolute Gasteiger partial charge is 0.341 e. The van der Waals surface area contributed by atoms with Crippen molar-refractivity contribution >= 4 is 40.7 Å². The van der Waals surface area contributed by atoms with E-state index in [0.29, 0.717) is 33.1 Å². The molecule has 12 heteroatoms. The van der Waals surface area contributed by atoms with Gasteiger partial charge in [0.2, 0.25) is 0 Å². The Morgan fingerprint density at radius 1 is 1.10 bits per heavy atom. The number of ether oxygens (including phenoxy) is 2. The maximum atomic E-state index is 13.1. The minimum atomic E-state index is -1.21. The fraction of sp³-hybridized carbons (Fsp3) is 0.222. The van der Waals surface area contributed by atoms with Gasteiger partial charge in [0.05, 0.1) is 18.8 Å². The molecule has 0 aliphatic carbocycles. The fourth-order valence-corrected chi connectivity index (χ4v) is 3.83. The predicted octanol–water partition coefficient (Wildman–Crippen LogP) is 3.38. The predicted molar refractivity (Wildman–Crippen MR) is 147 cm³/mol. The second-order valence-corrected chi connectivity index (χ2v) is 8.75. The van der Waals surface area contributed by atoms with Crippen molar-refractivity contribution < 1.29 is 34.4 Å². The largest absolute Gasteiger partial charge is 0.490 e. The third-order valence-corrected chi connectivity index (χ3v) is 5.74. The molecule has 0 aromatic heterocycles. The molecule has 39 heavy (non-hydrogen) atoms. The standard InChI is InChI=1S/C27H29ClN4O7/c1-2-38-23-10-16(22(34)13-33)9-17(25(23)39-14-24(35)36)12-31-21-8-5-18(28)11-20(21)27(37)32-19-6-3-15(4-7-19)26(29)30/h3-11,22,31,33-34H,2,12-14H2,1H3,(H3,29,30)(H,32,37)(H,35,36)/t22-/m1/s1. The summed E-state index contributed by atoms with van der Waals surface area (Å²) in [6.07, 6.45) is -1.21. The van der Waals surface area contributed by atoms with E-state index in [1.54, 1.807) is 49.4 Å². The van der Waals surface area contributed by atoms with Crippen LogP contribution in [0.4, 0.5) is 11.4 Å². The minimum Gasteiger partial charge on any atom is -0.490 e. The summed E-state index contributed by atoms with van der Waals surface area (Å²) < 4.78 is 11.1. The van der Waals surface area contributed by atoms with E-state index in [0.717, 1.165) is 0 Å². The number of amides is 1. The number of carboxylic acids is 1. The summed E-state index contributed by atoms with van der Waals surface area (Å²) >= 11 is 6.17. The molecule has 0 spiro atoms. The summed E-state index contributed by atoms with van der Waals surface area (Å²) in [5, 5.41) is 42.5. The number of anilines is 2. The van der Waals surface area contributed by atoms with Gasteiger partial charge in [0.25, 0.3) is 5.91 Å². The zero-order chi connectivity index (χ0) is 28.5. The molecule has 3 aromatic carbocycles. The van der Waals surface area contributed by atoms with E-state index in [-0.39, 0.29) is 36.0 Å². The average molecular weight is 557 g/mol. The first-order valence-corrected chi connectivity index (χ1v) is 12.2. The Morgan fingerprint density at radius 3 is 2.44 bits per heavy atom. The number of nitrogen functional groups attached to an aromatic ring is 1. The molecular weight excluding hydrogens is 528 g/mol. The molecule has 206 valence electrons. The number of rotatable bonds is 13. The van der Waals surface area contributed by atoms with Gasteiger partial charge in [-0.25, -0.2) is 4.79 Å². The first-order chi connectivity index (χ1) is 18.6. The Labute approximate surface area is 229 Å². The molecule has 0 radical (unpaired) electrons. The third kappa shape index (κ3) is 7.84. The lowest BCUT2D eigenvalue weighted by Gasteiger charge is -2.20. The van der Waals surface area contributed by atoms with Crippen molar-refractivity contribution in [2.75, 3.05) is 30.5 Å². The molecule has 3 rings (SSSR count). The van der Waals surface area contributed by atoms with E-state index < -0.39 is 31.2 Å². The van der Waals surface area contributed by atoms with Crippen LogP contribution in [0, 0.1) is 5.41 Å². The Kier molecular flexibility index (Phi) is 10.1. The monoisotopic (exact) mass is 556 g/mol. The van der Waals surface area contributed by atoms with Crippen molar-refractivity contribution in [3.63, 3.8) is 0 Å². The number of carbonyl (C=O) groups is 2. The zero-order valence-electron chi connectivity index (χ0n) is 21.0. The Balaban J connectivity index is 1.92. The lowest BCUT2D eigenvalue weighted by Crippen LogP contribution is -2.17. The van der Waals surface area contributed by atoms with Gasteiger partial charge >= 0.3 is 5.97 Å². The molecule has 0 saturated heterocycles. The molecule has 0 saturated carbocycles. The fourth-order valence-electron chi connectivity index (χ4n) is 3.65. The Morgan fingerprint density at radius 2 is 1.82 bits per heavy atom.